The zero-order valence-corrected chi connectivity index (χ0v) is 22.2. The second-order valence-electron chi connectivity index (χ2n) is 8.02. The molecule has 36 heavy (non-hydrogen) atoms. The number of amides is 2. The van der Waals surface area contributed by atoms with Crippen LogP contribution >= 0.6 is 23.2 Å². The summed E-state index contributed by atoms with van der Waals surface area (Å²) in [6.45, 7) is 3.36. The molecule has 0 heterocycles. The third kappa shape index (κ3) is 6.78. The number of sulfonamides is 1. The van der Waals surface area contributed by atoms with E-state index in [1.54, 1.807) is 68.4 Å². The van der Waals surface area contributed by atoms with Crippen LogP contribution in [0.4, 0.5) is 5.69 Å². The summed E-state index contributed by atoms with van der Waals surface area (Å²) in [7, 11) is -4.11. The Balaban J connectivity index is 2.00. The second-order valence-corrected chi connectivity index (χ2v) is 10.8. The van der Waals surface area contributed by atoms with E-state index in [4.69, 9.17) is 23.2 Å². The zero-order chi connectivity index (χ0) is 26.3. The Morgan fingerprint density at radius 1 is 0.889 bits per heavy atom. The minimum absolute atomic E-state index is 0.0359. The molecule has 3 rings (SSSR count). The molecule has 0 aliphatic carbocycles. The molecule has 0 bridgehead atoms. The van der Waals surface area contributed by atoms with Crippen molar-refractivity contribution in [3.05, 3.63) is 94.5 Å². The third-order valence-electron chi connectivity index (χ3n) is 5.51. The molecule has 7 nitrogen and oxygen atoms in total. The second kappa shape index (κ2) is 12.3. The highest BCUT2D eigenvalue weighted by molar-refractivity contribution is 7.92. The lowest BCUT2D eigenvalue weighted by Crippen LogP contribution is -2.51. The Bertz CT molecular complexity index is 1290. The Morgan fingerprint density at radius 2 is 1.44 bits per heavy atom. The number of nitrogens with one attached hydrogen (secondary N) is 1. The summed E-state index contributed by atoms with van der Waals surface area (Å²) in [5, 5.41) is 3.69. The predicted octanol–water partition coefficient (Wildman–Crippen LogP) is 4.74. The van der Waals surface area contributed by atoms with Crippen LogP contribution in [0.5, 0.6) is 0 Å². The summed E-state index contributed by atoms with van der Waals surface area (Å²) in [4.78, 5) is 27.7. The standard InChI is InChI=1S/C26H27Cl2N3O4S/c1-3-29-26(33)19(2)30(17-20-9-11-21(27)12-10-20)25(32)18-31(23-15-13-22(28)14-16-23)36(34,35)24-7-5-4-6-8-24/h4-16,19H,3,17-18H2,1-2H3,(H,29,33)/t19-/m0/s1. The molecule has 0 saturated carbocycles. The van der Waals surface area contributed by atoms with Gasteiger partial charge in [0.1, 0.15) is 12.6 Å². The van der Waals surface area contributed by atoms with E-state index in [-0.39, 0.29) is 23.0 Å². The van der Waals surface area contributed by atoms with Crippen LogP contribution in [0.15, 0.2) is 83.8 Å². The van der Waals surface area contributed by atoms with Crippen molar-refractivity contribution in [1.82, 2.24) is 10.2 Å². The first-order valence-corrected chi connectivity index (χ1v) is 13.5. The Kier molecular flexibility index (Phi) is 9.37. The summed E-state index contributed by atoms with van der Waals surface area (Å²) in [5.74, 6) is -0.887. The van der Waals surface area contributed by atoms with Gasteiger partial charge in [-0.25, -0.2) is 8.42 Å². The van der Waals surface area contributed by atoms with Crippen molar-refractivity contribution >= 4 is 50.7 Å². The van der Waals surface area contributed by atoms with Gasteiger partial charge in [0, 0.05) is 23.1 Å². The van der Waals surface area contributed by atoms with Crippen molar-refractivity contribution in [2.24, 2.45) is 0 Å². The number of rotatable bonds is 10. The molecule has 2 amide bonds. The van der Waals surface area contributed by atoms with Crippen molar-refractivity contribution in [2.45, 2.75) is 31.3 Å². The first kappa shape index (κ1) is 27.5. The van der Waals surface area contributed by atoms with E-state index >= 15 is 0 Å². The molecule has 3 aromatic carbocycles. The molecule has 10 heteroatoms. The van der Waals surface area contributed by atoms with E-state index in [2.05, 4.69) is 5.32 Å². The van der Waals surface area contributed by atoms with Gasteiger partial charge in [-0.1, -0.05) is 53.5 Å². The quantitative estimate of drug-likeness (QED) is 0.397. The topological polar surface area (TPSA) is 86.8 Å². The Morgan fingerprint density at radius 3 is 2.00 bits per heavy atom. The molecule has 0 spiro atoms. The van der Waals surface area contributed by atoms with Gasteiger partial charge in [-0.15, -0.1) is 0 Å². The molecule has 3 aromatic rings. The van der Waals surface area contributed by atoms with Crippen LogP contribution in [0, 0.1) is 0 Å². The SMILES string of the molecule is CCNC(=O)[C@H](C)N(Cc1ccc(Cl)cc1)C(=O)CN(c1ccc(Cl)cc1)S(=O)(=O)c1ccccc1. The molecule has 0 fully saturated rings. The van der Waals surface area contributed by atoms with Crippen LogP contribution < -0.4 is 9.62 Å². The van der Waals surface area contributed by atoms with E-state index < -0.39 is 28.5 Å². The summed E-state index contributed by atoms with van der Waals surface area (Å²) in [6.07, 6.45) is 0. The minimum atomic E-state index is -4.11. The number of carbonyl (C=O) groups excluding carboxylic acids is 2. The highest BCUT2D eigenvalue weighted by Crippen LogP contribution is 2.26. The highest BCUT2D eigenvalue weighted by Gasteiger charge is 2.32. The van der Waals surface area contributed by atoms with E-state index in [0.717, 1.165) is 9.87 Å². The largest absolute Gasteiger partial charge is 0.355 e. The maximum Gasteiger partial charge on any atom is 0.264 e. The summed E-state index contributed by atoms with van der Waals surface area (Å²) < 4.78 is 28.2. The maximum absolute atomic E-state index is 13.7. The van der Waals surface area contributed by atoms with E-state index in [9.17, 15) is 18.0 Å². The summed E-state index contributed by atoms with van der Waals surface area (Å²) >= 11 is 12.0. The van der Waals surface area contributed by atoms with Crippen molar-refractivity contribution in [2.75, 3.05) is 17.4 Å². The number of carbonyl (C=O) groups is 2. The predicted molar refractivity (Wildman–Crippen MR) is 143 cm³/mol. The van der Waals surface area contributed by atoms with E-state index in [1.807, 2.05) is 0 Å². The number of hydrogen-bond acceptors (Lipinski definition) is 4. The van der Waals surface area contributed by atoms with Crippen LogP contribution in [0.25, 0.3) is 0 Å². The molecular formula is C26H27Cl2N3O4S. The molecule has 0 aromatic heterocycles. The third-order valence-corrected chi connectivity index (χ3v) is 7.80. The number of likely N-dealkylation sites (N-methyl/N-ethyl adjacent to an activating group) is 1. The van der Waals surface area contributed by atoms with Gasteiger partial charge in [0.2, 0.25) is 11.8 Å². The van der Waals surface area contributed by atoms with Crippen LogP contribution in [0.2, 0.25) is 10.0 Å². The number of anilines is 1. The first-order chi connectivity index (χ1) is 17.1. The Hall–Kier alpha value is -3.07. The monoisotopic (exact) mass is 547 g/mol. The van der Waals surface area contributed by atoms with Crippen molar-refractivity contribution in [3.63, 3.8) is 0 Å². The van der Waals surface area contributed by atoms with Crippen molar-refractivity contribution in [3.8, 4) is 0 Å². The van der Waals surface area contributed by atoms with Crippen molar-refractivity contribution in [1.29, 1.82) is 0 Å². The van der Waals surface area contributed by atoms with Crippen LogP contribution in [-0.2, 0) is 26.2 Å². The normalized spacial score (nSPS) is 12.0. The smallest absolute Gasteiger partial charge is 0.264 e. The molecule has 0 aliphatic heterocycles. The fraction of sp³-hybridized carbons (Fsp3) is 0.231. The number of nitrogens with zero attached hydrogens (tertiary/aromatic N) is 2. The lowest BCUT2D eigenvalue weighted by molar-refractivity contribution is -0.139. The lowest BCUT2D eigenvalue weighted by atomic mass is 10.1. The van der Waals surface area contributed by atoms with Gasteiger partial charge in [0.25, 0.3) is 10.0 Å². The van der Waals surface area contributed by atoms with Crippen molar-refractivity contribution < 1.29 is 18.0 Å². The van der Waals surface area contributed by atoms with Gasteiger partial charge in [-0.05, 0) is 67.9 Å². The molecule has 0 saturated heterocycles. The lowest BCUT2D eigenvalue weighted by Gasteiger charge is -2.32. The van der Waals surface area contributed by atoms with Crippen LogP contribution in [0.1, 0.15) is 19.4 Å². The van der Waals surface area contributed by atoms with Crippen LogP contribution in [-0.4, -0.2) is 44.3 Å². The molecule has 1 atom stereocenters. The molecule has 190 valence electrons. The Labute approximate surface area is 221 Å². The summed E-state index contributed by atoms with van der Waals surface area (Å²) in [5.41, 5.74) is 1.02. The molecule has 0 aliphatic rings. The van der Waals surface area contributed by atoms with Gasteiger partial charge >= 0.3 is 0 Å². The fourth-order valence-corrected chi connectivity index (χ4v) is 5.23. The maximum atomic E-state index is 13.7. The van der Waals surface area contributed by atoms with Gasteiger partial charge in [-0.2, -0.15) is 0 Å². The number of hydrogen-bond donors (Lipinski definition) is 1. The number of halogens is 2. The first-order valence-electron chi connectivity index (χ1n) is 11.3. The van der Waals surface area contributed by atoms with Gasteiger partial charge in [-0.3, -0.25) is 13.9 Å². The number of benzene rings is 3. The van der Waals surface area contributed by atoms with Crippen LogP contribution in [0.3, 0.4) is 0 Å². The molecule has 0 unspecified atom stereocenters. The molecule has 1 N–H and O–H groups in total. The summed E-state index contributed by atoms with van der Waals surface area (Å²) in [6, 6.07) is 20.1. The average Bonchev–Trinajstić information content (AvgIpc) is 2.87. The fourth-order valence-electron chi connectivity index (χ4n) is 3.55. The average molecular weight is 548 g/mol. The van der Waals surface area contributed by atoms with Gasteiger partial charge < -0.3 is 10.2 Å². The van der Waals surface area contributed by atoms with E-state index in [1.165, 1.54) is 29.2 Å². The zero-order valence-electron chi connectivity index (χ0n) is 19.9. The minimum Gasteiger partial charge on any atom is -0.355 e. The molecule has 0 radical (unpaired) electrons. The van der Waals surface area contributed by atoms with Gasteiger partial charge in [0.05, 0.1) is 10.6 Å². The molecular weight excluding hydrogens is 521 g/mol. The highest BCUT2D eigenvalue weighted by atomic mass is 35.5. The van der Waals surface area contributed by atoms with E-state index in [0.29, 0.717) is 16.6 Å². The van der Waals surface area contributed by atoms with Gasteiger partial charge in [0.15, 0.2) is 0 Å².